The van der Waals surface area contributed by atoms with Crippen molar-refractivity contribution >= 4 is 23.3 Å². The quantitative estimate of drug-likeness (QED) is 0.335. The van der Waals surface area contributed by atoms with Crippen molar-refractivity contribution in [2.45, 2.75) is 18.6 Å². The Bertz CT molecular complexity index is 1310. The van der Waals surface area contributed by atoms with Crippen LogP contribution in [0.1, 0.15) is 39.4 Å². The van der Waals surface area contributed by atoms with Gasteiger partial charge in [-0.15, -0.1) is 0 Å². The third kappa shape index (κ3) is 4.04. The average Bonchev–Trinajstić information content (AvgIpc) is 3.49. The molecule has 1 saturated heterocycles. The van der Waals surface area contributed by atoms with E-state index in [9.17, 15) is 4.79 Å². The Morgan fingerprint density at radius 1 is 1.03 bits per heavy atom. The predicted molar refractivity (Wildman–Crippen MR) is 132 cm³/mol. The smallest absolute Gasteiger partial charge is 0.339 e. The molecule has 0 amide bonds. The Kier molecular flexibility index (Phi) is 6.05. The van der Waals surface area contributed by atoms with Crippen molar-refractivity contribution in [2.24, 2.45) is 0 Å². The molecule has 7 nitrogen and oxygen atoms in total. The highest BCUT2D eigenvalue weighted by molar-refractivity contribution is 7.80. The molecule has 0 unspecified atom stereocenters. The molecule has 0 radical (unpaired) electrons. The van der Waals surface area contributed by atoms with Gasteiger partial charge in [-0.25, -0.2) is 4.79 Å². The third-order valence-corrected chi connectivity index (χ3v) is 6.30. The summed E-state index contributed by atoms with van der Waals surface area (Å²) in [6.07, 6.45) is 7.30. The fourth-order valence-corrected chi connectivity index (χ4v) is 4.71. The second-order valence-electron chi connectivity index (χ2n) is 7.92. The van der Waals surface area contributed by atoms with Crippen molar-refractivity contribution in [2.75, 3.05) is 7.11 Å². The molecule has 0 saturated carbocycles. The lowest BCUT2D eigenvalue weighted by molar-refractivity contribution is 0.0600. The van der Waals surface area contributed by atoms with E-state index in [2.05, 4.69) is 26.3 Å². The lowest BCUT2D eigenvalue weighted by Gasteiger charge is -2.29. The van der Waals surface area contributed by atoms with E-state index in [1.54, 1.807) is 24.7 Å². The van der Waals surface area contributed by atoms with Gasteiger partial charge in [0.2, 0.25) is 0 Å². The highest BCUT2D eigenvalue weighted by atomic mass is 32.1. The van der Waals surface area contributed by atoms with E-state index in [-0.39, 0.29) is 18.1 Å². The van der Waals surface area contributed by atoms with Gasteiger partial charge >= 0.3 is 5.97 Å². The van der Waals surface area contributed by atoms with Crippen molar-refractivity contribution in [3.05, 3.63) is 114 Å². The number of para-hydroxylation sites is 1. The molecule has 0 bridgehead atoms. The zero-order chi connectivity index (χ0) is 23.5. The number of aromatic nitrogens is 3. The van der Waals surface area contributed by atoms with Gasteiger partial charge in [-0.3, -0.25) is 9.97 Å². The van der Waals surface area contributed by atoms with E-state index in [1.165, 1.54) is 7.11 Å². The number of nitrogens with zero attached hydrogens (tertiary/aromatic N) is 4. The fraction of sp³-hybridized carbons (Fsp3) is 0.154. The molecular weight excluding hydrogens is 446 g/mol. The first-order chi connectivity index (χ1) is 16.7. The van der Waals surface area contributed by atoms with Crippen LogP contribution in [0, 0.1) is 0 Å². The van der Waals surface area contributed by atoms with Crippen molar-refractivity contribution < 1.29 is 9.53 Å². The minimum atomic E-state index is -0.384. The standard InChI is InChI=1S/C26H23N5O2S/c1-33-25(32)19-7-2-3-9-21(19)30-16-6-10-22(30)24-23(20-8-4-5-13-28-20)29-26(34)31(24)17-18-11-14-27-15-12-18/h2-16,23-24H,17H2,1H3,(H,29,34)/t23-,24+/m1/s1. The van der Waals surface area contributed by atoms with Crippen LogP contribution in [0.25, 0.3) is 5.69 Å². The number of hydrogen-bond donors (Lipinski definition) is 1. The molecular formula is C26H23N5O2S. The summed E-state index contributed by atoms with van der Waals surface area (Å²) >= 11 is 5.80. The summed E-state index contributed by atoms with van der Waals surface area (Å²) in [5.74, 6) is -0.384. The van der Waals surface area contributed by atoms with E-state index in [4.69, 9.17) is 17.0 Å². The average molecular weight is 470 g/mol. The molecule has 170 valence electrons. The molecule has 3 aromatic heterocycles. The molecule has 1 fully saturated rings. The number of esters is 1. The van der Waals surface area contributed by atoms with Crippen LogP contribution >= 0.6 is 12.2 Å². The van der Waals surface area contributed by atoms with Crippen LogP contribution in [0.3, 0.4) is 0 Å². The lowest BCUT2D eigenvalue weighted by atomic mass is 10.0. The predicted octanol–water partition coefficient (Wildman–Crippen LogP) is 4.23. The molecule has 1 aromatic carbocycles. The zero-order valence-electron chi connectivity index (χ0n) is 18.5. The molecule has 0 spiro atoms. The van der Waals surface area contributed by atoms with E-state index in [1.807, 2.05) is 65.4 Å². The van der Waals surface area contributed by atoms with Gasteiger partial charge in [0.25, 0.3) is 0 Å². The van der Waals surface area contributed by atoms with Crippen LogP contribution in [0.4, 0.5) is 0 Å². The van der Waals surface area contributed by atoms with Gasteiger partial charge in [0.05, 0.1) is 36.1 Å². The summed E-state index contributed by atoms with van der Waals surface area (Å²) in [6.45, 7) is 0.603. The largest absolute Gasteiger partial charge is 0.465 e. The number of pyridine rings is 2. The van der Waals surface area contributed by atoms with Crippen molar-refractivity contribution in [3.8, 4) is 5.69 Å². The molecule has 4 heterocycles. The number of carbonyl (C=O) groups excluding carboxylic acids is 1. The second-order valence-corrected chi connectivity index (χ2v) is 8.31. The van der Waals surface area contributed by atoms with Gasteiger partial charge in [-0.1, -0.05) is 18.2 Å². The normalized spacial score (nSPS) is 17.4. The number of hydrogen-bond acceptors (Lipinski definition) is 5. The molecule has 1 aliphatic heterocycles. The van der Waals surface area contributed by atoms with Crippen LogP contribution in [0.5, 0.6) is 0 Å². The molecule has 4 aromatic rings. The number of ether oxygens (including phenoxy) is 1. The van der Waals surface area contributed by atoms with Crippen molar-refractivity contribution in [1.82, 2.24) is 24.8 Å². The minimum absolute atomic E-state index is 0.170. The van der Waals surface area contributed by atoms with Gasteiger partial charge in [0, 0.05) is 37.0 Å². The Balaban J connectivity index is 1.63. The van der Waals surface area contributed by atoms with Crippen LogP contribution < -0.4 is 5.32 Å². The molecule has 2 atom stereocenters. The van der Waals surface area contributed by atoms with Gasteiger partial charge in [0.1, 0.15) is 0 Å². The maximum Gasteiger partial charge on any atom is 0.339 e. The summed E-state index contributed by atoms with van der Waals surface area (Å²) in [6, 6.07) is 21.0. The lowest BCUT2D eigenvalue weighted by Crippen LogP contribution is -2.30. The van der Waals surface area contributed by atoms with Crippen LogP contribution in [0.15, 0.2) is 91.5 Å². The highest BCUT2D eigenvalue weighted by Crippen LogP contribution is 2.40. The number of rotatable bonds is 6. The SMILES string of the molecule is COC(=O)c1ccccc1-n1cccc1[C@H]1[C@@H](c2ccccn2)NC(=S)N1Cc1ccncc1. The maximum atomic E-state index is 12.5. The Hall–Kier alpha value is -4.04. The zero-order valence-corrected chi connectivity index (χ0v) is 19.4. The van der Waals surface area contributed by atoms with Gasteiger partial charge in [-0.2, -0.15) is 0 Å². The summed E-state index contributed by atoms with van der Waals surface area (Å²) in [5.41, 5.74) is 4.20. The number of methoxy groups -OCH3 is 1. The fourth-order valence-electron chi connectivity index (χ4n) is 4.40. The Morgan fingerprint density at radius 2 is 1.82 bits per heavy atom. The minimum Gasteiger partial charge on any atom is -0.465 e. The second kappa shape index (κ2) is 9.44. The first-order valence-corrected chi connectivity index (χ1v) is 11.3. The van der Waals surface area contributed by atoms with Crippen LogP contribution in [-0.2, 0) is 11.3 Å². The van der Waals surface area contributed by atoms with E-state index in [0.717, 1.165) is 22.6 Å². The van der Waals surface area contributed by atoms with Gasteiger partial charge in [-0.05, 0) is 66.3 Å². The van der Waals surface area contributed by atoms with Crippen LogP contribution in [0.2, 0.25) is 0 Å². The Morgan fingerprint density at radius 3 is 2.59 bits per heavy atom. The number of benzene rings is 1. The summed E-state index contributed by atoms with van der Waals surface area (Å²) in [4.78, 5) is 23.4. The van der Waals surface area contributed by atoms with Gasteiger partial charge < -0.3 is 19.5 Å². The highest BCUT2D eigenvalue weighted by Gasteiger charge is 2.41. The topological polar surface area (TPSA) is 72.3 Å². The number of thiocarbonyl (C=S) groups is 1. The molecule has 1 aliphatic rings. The van der Waals surface area contributed by atoms with E-state index < -0.39 is 0 Å². The van der Waals surface area contributed by atoms with E-state index in [0.29, 0.717) is 17.2 Å². The van der Waals surface area contributed by atoms with Gasteiger partial charge in [0.15, 0.2) is 5.11 Å². The van der Waals surface area contributed by atoms with Crippen LogP contribution in [-0.4, -0.2) is 37.6 Å². The molecule has 5 rings (SSSR count). The summed E-state index contributed by atoms with van der Waals surface area (Å²) < 4.78 is 7.07. The molecule has 34 heavy (non-hydrogen) atoms. The first kappa shape index (κ1) is 21.8. The van der Waals surface area contributed by atoms with Crippen molar-refractivity contribution in [1.29, 1.82) is 0 Å². The summed E-state index contributed by atoms with van der Waals surface area (Å²) in [7, 11) is 1.39. The summed E-state index contributed by atoms with van der Waals surface area (Å²) in [5, 5.41) is 4.13. The number of carbonyl (C=O) groups is 1. The first-order valence-electron chi connectivity index (χ1n) is 10.9. The third-order valence-electron chi connectivity index (χ3n) is 5.95. The maximum absolute atomic E-state index is 12.5. The molecule has 0 aliphatic carbocycles. The van der Waals surface area contributed by atoms with E-state index >= 15 is 0 Å². The number of nitrogens with one attached hydrogen (secondary N) is 1. The molecule has 8 heteroatoms. The molecule has 1 N–H and O–H groups in total. The Labute approximate surface area is 203 Å². The van der Waals surface area contributed by atoms with Crippen molar-refractivity contribution in [3.63, 3.8) is 0 Å². The monoisotopic (exact) mass is 469 g/mol.